The highest BCUT2D eigenvalue weighted by Crippen LogP contribution is 2.86. The summed E-state index contributed by atoms with van der Waals surface area (Å²) < 4.78 is 28.9. The fraction of sp³-hybridized carbons (Fsp3) is 0.696. The first kappa shape index (κ1) is 20.9. The van der Waals surface area contributed by atoms with Gasteiger partial charge in [0.15, 0.2) is 0 Å². The van der Waals surface area contributed by atoms with Crippen molar-refractivity contribution >= 4 is 21.6 Å². The number of hydrogen-bond acceptors (Lipinski definition) is 6. The molecule has 1 aromatic rings. The number of aryl methyl sites for hydroxylation is 1. The molecular weight excluding hydrogens is 428 g/mol. The lowest BCUT2D eigenvalue weighted by Crippen LogP contribution is -2.75. The molecule has 7 unspecified atom stereocenters. The number of amides is 1. The van der Waals surface area contributed by atoms with E-state index in [0.717, 1.165) is 37.7 Å². The Bertz CT molecular complexity index is 1120. The van der Waals surface area contributed by atoms with Gasteiger partial charge in [-0.1, -0.05) is 6.07 Å². The summed E-state index contributed by atoms with van der Waals surface area (Å²) in [5.74, 6) is 1.04. The second-order valence-corrected chi connectivity index (χ2v) is 12.8. The molecule has 0 aromatic heterocycles. The van der Waals surface area contributed by atoms with Gasteiger partial charge in [0.1, 0.15) is 11.8 Å². The number of fused-ring (bicyclic) bond motifs is 1. The van der Waals surface area contributed by atoms with E-state index in [9.17, 15) is 18.3 Å². The molecule has 1 spiro atoms. The molecule has 7 atom stereocenters. The van der Waals surface area contributed by atoms with Crippen molar-refractivity contribution in [1.82, 2.24) is 10.0 Å². The van der Waals surface area contributed by atoms with Crippen LogP contribution in [0, 0.1) is 35.5 Å². The van der Waals surface area contributed by atoms with Gasteiger partial charge >= 0.3 is 0 Å². The molecule has 2 bridgehead atoms. The fourth-order valence-electron chi connectivity index (χ4n) is 8.26. The average Bonchev–Trinajstić information content (AvgIpc) is 3.16. The van der Waals surface area contributed by atoms with Crippen LogP contribution in [-0.2, 0) is 14.8 Å². The van der Waals surface area contributed by atoms with Crippen LogP contribution in [0.2, 0.25) is 0 Å². The molecule has 0 radical (unpaired) electrons. The van der Waals surface area contributed by atoms with Gasteiger partial charge in [-0.25, -0.2) is 8.42 Å². The van der Waals surface area contributed by atoms with Crippen molar-refractivity contribution in [1.29, 1.82) is 0 Å². The molecule has 5 aliphatic rings. The van der Waals surface area contributed by atoms with Crippen LogP contribution in [0.4, 0.5) is 5.69 Å². The van der Waals surface area contributed by atoms with Crippen molar-refractivity contribution in [3.63, 3.8) is 0 Å². The Morgan fingerprint density at radius 2 is 2.00 bits per heavy atom. The summed E-state index contributed by atoms with van der Waals surface area (Å²) in [7, 11) is -3.88. The molecule has 1 aromatic carbocycles. The van der Waals surface area contributed by atoms with Gasteiger partial charge in [0, 0.05) is 17.1 Å². The highest BCUT2D eigenvalue weighted by molar-refractivity contribution is 7.89. The molecule has 0 heterocycles. The van der Waals surface area contributed by atoms with Crippen molar-refractivity contribution in [3.05, 3.63) is 23.8 Å². The van der Waals surface area contributed by atoms with Gasteiger partial charge in [-0.05, 0) is 92.7 Å². The number of nitrogen functional groups attached to an aromatic ring is 1. The van der Waals surface area contributed by atoms with Crippen molar-refractivity contribution in [3.8, 4) is 0 Å². The Kier molecular flexibility index (Phi) is 4.08. The number of carbonyl (C=O) groups is 1. The third kappa shape index (κ3) is 2.33. The first-order chi connectivity index (χ1) is 15.0. The third-order valence-electron chi connectivity index (χ3n) is 10.0. The molecule has 5 fully saturated rings. The lowest BCUT2D eigenvalue weighted by Gasteiger charge is -2.74. The third-order valence-corrected chi connectivity index (χ3v) is 11.6. The Morgan fingerprint density at radius 1 is 1.25 bits per heavy atom. The molecule has 8 nitrogen and oxygen atoms in total. The SMILES string of the molecule is Cc1ccc(S(=O)(=O)NC2(C(=O)NC3C4CC5(C(N)O)CC6CC3C65C4)CCC2)cc1N. The number of benzene rings is 1. The van der Waals surface area contributed by atoms with E-state index in [-0.39, 0.29) is 27.7 Å². The van der Waals surface area contributed by atoms with Crippen molar-refractivity contribution in [2.24, 2.45) is 34.3 Å². The topological polar surface area (TPSA) is 148 Å². The standard InChI is InChI=1S/C23H32N4O4S/c1-12-3-4-15(8-17(12)24)32(30,31)27-22(5-2-6-22)20(29)26-18-13-9-21(19(25)28)11-14-7-16(18)23(14,21)10-13/h3-4,8,13-14,16,18-19,27-28H,2,5-7,9-11,24-25H2,1H3,(H,26,29). The second-order valence-electron chi connectivity index (χ2n) is 11.1. The van der Waals surface area contributed by atoms with Crippen LogP contribution in [0.15, 0.2) is 23.1 Å². The van der Waals surface area contributed by atoms with E-state index in [1.807, 2.05) is 6.92 Å². The van der Waals surface area contributed by atoms with E-state index in [0.29, 0.717) is 36.3 Å². The largest absolute Gasteiger partial charge is 0.398 e. The number of aliphatic hydroxyl groups excluding tert-OH is 1. The number of nitrogens with one attached hydrogen (secondary N) is 2. The maximum absolute atomic E-state index is 13.5. The normalized spacial score (nSPS) is 41.1. The van der Waals surface area contributed by atoms with Gasteiger partial charge in [0.25, 0.3) is 0 Å². The molecule has 1 amide bonds. The van der Waals surface area contributed by atoms with E-state index >= 15 is 0 Å². The first-order valence-electron chi connectivity index (χ1n) is 11.7. The molecule has 5 aliphatic carbocycles. The highest BCUT2D eigenvalue weighted by Gasteiger charge is 2.84. The maximum Gasteiger partial charge on any atom is 0.241 e. The summed E-state index contributed by atoms with van der Waals surface area (Å²) in [5, 5.41) is 13.6. The Labute approximate surface area is 188 Å². The Morgan fingerprint density at radius 3 is 2.59 bits per heavy atom. The zero-order valence-electron chi connectivity index (χ0n) is 18.3. The number of aliphatic hydroxyl groups is 1. The van der Waals surface area contributed by atoms with Crippen molar-refractivity contribution in [2.45, 2.75) is 74.6 Å². The van der Waals surface area contributed by atoms with Crippen LogP contribution in [0.3, 0.4) is 0 Å². The minimum absolute atomic E-state index is 0.0444. The zero-order chi connectivity index (χ0) is 22.7. The van der Waals surface area contributed by atoms with Crippen molar-refractivity contribution < 1.29 is 18.3 Å². The summed E-state index contributed by atoms with van der Waals surface area (Å²) in [5.41, 5.74) is 11.9. The number of carbonyl (C=O) groups excluding carboxylic acids is 1. The minimum atomic E-state index is -3.88. The molecule has 0 saturated heterocycles. The molecule has 0 aliphatic heterocycles. The predicted molar refractivity (Wildman–Crippen MR) is 118 cm³/mol. The fourth-order valence-corrected chi connectivity index (χ4v) is 9.72. The van der Waals surface area contributed by atoms with Gasteiger partial charge in [-0.2, -0.15) is 4.72 Å². The van der Waals surface area contributed by atoms with Crippen molar-refractivity contribution in [2.75, 3.05) is 5.73 Å². The van der Waals surface area contributed by atoms with Gasteiger partial charge < -0.3 is 21.9 Å². The van der Waals surface area contributed by atoms with Gasteiger partial charge in [0.2, 0.25) is 15.9 Å². The van der Waals surface area contributed by atoms with E-state index in [1.165, 1.54) is 12.1 Å². The van der Waals surface area contributed by atoms with Gasteiger partial charge in [-0.3, -0.25) is 4.79 Å². The minimum Gasteiger partial charge on any atom is -0.398 e. The average molecular weight is 461 g/mol. The number of hydrogen-bond donors (Lipinski definition) is 5. The quantitative estimate of drug-likeness (QED) is 0.316. The van der Waals surface area contributed by atoms with Gasteiger partial charge in [0.05, 0.1) is 4.90 Å². The van der Waals surface area contributed by atoms with Crippen LogP contribution in [-0.4, -0.2) is 37.2 Å². The van der Waals surface area contributed by atoms with Crippen LogP contribution >= 0.6 is 0 Å². The molecule has 9 heteroatoms. The molecule has 32 heavy (non-hydrogen) atoms. The molecule has 7 N–H and O–H groups in total. The number of sulfonamides is 1. The smallest absolute Gasteiger partial charge is 0.241 e. The van der Waals surface area contributed by atoms with E-state index < -0.39 is 21.8 Å². The van der Waals surface area contributed by atoms with Crippen LogP contribution in [0.1, 0.15) is 50.5 Å². The summed E-state index contributed by atoms with van der Waals surface area (Å²) in [6.07, 6.45) is 4.92. The second kappa shape index (κ2) is 6.25. The van der Waals surface area contributed by atoms with E-state index in [2.05, 4.69) is 10.0 Å². The summed E-state index contributed by atoms with van der Waals surface area (Å²) in [6, 6.07) is 4.69. The van der Waals surface area contributed by atoms with Crippen LogP contribution < -0.4 is 21.5 Å². The Balaban J connectivity index is 1.21. The van der Waals surface area contributed by atoms with Crippen LogP contribution in [0.25, 0.3) is 0 Å². The Hall–Kier alpha value is -1.68. The summed E-state index contributed by atoms with van der Waals surface area (Å²) >= 11 is 0. The molecule has 174 valence electrons. The monoisotopic (exact) mass is 460 g/mol. The highest BCUT2D eigenvalue weighted by atomic mass is 32.2. The number of rotatable bonds is 6. The summed E-state index contributed by atoms with van der Waals surface area (Å²) in [6.45, 7) is 1.82. The maximum atomic E-state index is 13.5. The zero-order valence-corrected chi connectivity index (χ0v) is 19.1. The lowest BCUT2D eigenvalue weighted by atomic mass is 9.31. The summed E-state index contributed by atoms with van der Waals surface area (Å²) in [4.78, 5) is 13.5. The molecule has 5 saturated carbocycles. The number of anilines is 1. The number of nitrogens with two attached hydrogens (primary N) is 2. The molecule has 6 rings (SSSR count). The van der Waals surface area contributed by atoms with E-state index in [1.54, 1.807) is 6.07 Å². The molecular formula is C23H32N4O4S. The first-order valence-corrected chi connectivity index (χ1v) is 13.2. The predicted octanol–water partition coefficient (Wildman–Crippen LogP) is 0.976. The van der Waals surface area contributed by atoms with E-state index in [4.69, 9.17) is 11.5 Å². The van der Waals surface area contributed by atoms with Crippen LogP contribution in [0.5, 0.6) is 0 Å². The van der Waals surface area contributed by atoms with Gasteiger partial charge in [-0.15, -0.1) is 0 Å². The lowest BCUT2D eigenvalue weighted by molar-refractivity contribution is -0.284.